The summed E-state index contributed by atoms with van der Waals surface area (Å²) in [5.41, 5.74) is 4.27. The molecule has 0 radical (unpaired) electrons. The maximum Gasteiger partial charge on any atom is 0.258 e. The van der Waals surface area contributed by atoms with Crippen molar-refractivity contribution in [2.45, 2.75) is 64.2 Å². The molecule has 8 rings (SSSR count). The zero-order chi connectivity index (χ0) is 42.8. The number of likely N-dealkylation sites (N-methyl/N-ethyl adjacent to an activating group) is 2. The number of nitrogens with zero attached hydrogens (tertiary/aromatic N) is 4. The van der Waals surface area contributed by atoms with E-state index >= 15 is 0 Å². The minimum absolute atomic E-state index is 0.0715. The number of aliphatic hydroxyl groups is 2. The van der Waals surface area contributed by atoms with Crippen molar-refractivity contribution in [3.05, 3.63) is 151 Å². The summed E-state index contributed by atoms with van der Waals surface area (Å²) in [5.74, 6) is -2.51. The van der Waals surface area contributed by atoms with Crippen LogP contribution < -0.4 is 21.8 Å². The van der Waals surface area contributed by atoms with Gasteiger partial charge in [0.15, 0.2) is 0 Å². The predicted octanol–water partition coefficient (Wildman–Crippen LogP) is 3.86. The lowest BCUT2D eigenvalue weighted by Gasteiger charge is -2.35. The number of pyridine rings is 2. The van der Waals surface area contributed by atoms with Gasteiger partial charge in [0.1, 0.15) is 11.6 Å². The minimum atomic E-state index is -0.480. The number of carbonyl (C=O) groups is 2. The van der Waals surface area contributed by atoms with Crippen LogP contribution in [0.3, 0.4) is 0 Å². The van der Waals surface area contributed by atoms with Gasteiger partial charge in [-0.1, -0.05) is 48.6 Å². The number of carbonyl (C=O) groups excluding carboxylic acids is 2. The Morgan fingerprint density at radius 2 is 1.00 bits per heavy atom. The third-order valence-corrected chi connectivity index (χ3v) is 12.8. The number of halogens is 2. The van der Waals surface area contributed by atoms with Gasteiger partial charge in [0, 0.05) is 85.8 Å². The fourth-order valence-electron chi connectivity index (χ4n) is 9.85. The van der Waals surface area contributed by atoms with Crippen molar-refractivity contribution in [1.29, 1.82) is 0 Å². The van der Waals surface area contributed by atoms with Crippen LogP contribution >= 0.6 is 0 Å². The second-order valence-corrected chi connectivity index (χ2v) is 16.0. The van der Waals surface area contributed by atoms with E-state index in [1.807, 2.05) is 52.2 Å². The molecular weight excluding hydrogens is 771 g/mol. The first-order valence-electron chi connectivity index (χ1n) is 20.3. The van der Waals surface area contributed by atoms with Crippen LogP contribution in [0.4, 0.5) is 8.78 Å². The van der Waals surface area contributed by atoms with Crippen molar-refractivity contribution >= 4 is 24.0 Å². The first-order valence-corrected chi connectivity index (χ1v) is 20.3. The number of fused-ring (bicyclic) bond motifs is 8. The molecular formula is C46H52F2N6O6. The smallest absolute Gasteiger partial charge is 0.258 e. The molecule has 6 heterocycles. The Kier molecular flexibility index (Phi) is 12.8. The molecule has 8 atom stereocenters. The molecule has 4 aromatic rings. The second kappa shape index (κ2) is 18.0. The van der Waals surface area contributed by atoms with Crippen LogP contribution in [0.25, 0.3) is 12.2 Å². The van der Waals surface area contributed by atoms with Crippen LogP contribution in [-0.2, 0) is 35.8 Å². The number of nitrogens with one attached hydrogen (secondary N) is 2. The largest absolute Gasteiger partial charge is 0.396 e. The van der Waals surface area contributed by atoms with E-state index in [0.717, 1.165) is 22.5 Å². The van der Waals surface area contributed by atoms with Gasteiger partial charge in [0.25, 0.3) is 11.1 Å². The molecule has 2 saturated heterocycles. The summed E-state index contributed by atoms with van der Waals surface area (Å²) in [6.45, 7) is 4.91. The van der Waals surface area contributed by atoms with Crippen molar-refractivity contribution in [2.24, 2.45) is 23.7 Å². The molecule has 12 nitrogen and oxygen atoms in total. The summed E-state index contributed by atoms with van der Waals surface area (Å²) in [5, 5.41) is 26.1. The highest BCUT2D eigenvalue weighted by molar-refractivity contribution is 5.81. The number of benzene rings is 2. The number of rotatable bonds is 10. The molecule has 4 aliphatic heterocycles. The van der Waals surface area contributed by atoms with E-state index in [0.29, 0.717) is 24.2 Å². The molecule has 60 heavy (non-hydrogen) atoms. The van der Waals surface area contributed by atoms with Crippen molar-refractivity contribution in [2.75, 3.05) is 27.3 Å². The van der Waals surface area contributed by atoms with Crippen molar-refractivity contribution in [3.8, 4) is 0 Å². The van der Waals surface area contributed by atoms with Gasteiger partial charge in [-0.2, -0.15) is 0 Å². The summed E-state index contributed by atoms with van der Waals surface area (Å²) >= 11 is 0. The summed E-state index contributed by atoms with van der Waals surface area (Å²) in [4.78, 5) is 56.5. The Bertz CT molecular complexity index is 2230. The number of allylic oxidation sites excluding steroid dienone is 2. The third kappa shape index (κ3) is 7.92. The van der Waals surface area contributed by atoms with Gasteiger partial charge < -0.3 is 30.0 Å². The average Bonchev–Trinajstić information content (AvgIpc) is 3.53. The fraction of sp³-hybridized carbons (Fsp3) is 0.391. The average molecular weight is 823 g/mol. The van der Waals surface area contributed by atoms with Crippen LogP contribution in [0.2, 0.25) is 0 Å². The van der Waals surface area contributed by atoms with E-state index in [1.54, 1.807) is 57.7 Å². The number of aliphatic hydroxyl groups excluding tert-OH is 2. The van der Waals surface area contributed by atoms with Crippen LogP contribution in [0.5, 0.6) is 0 Å². The quantitative estimate of drug-likeness (QED) is 0.189. The van der Waals surface area contributed by atoms with Gasteiger partial charge in [-0.05, 0) is 87.6 Å². The molecule has 4 bridgehead atoms. The van der Waals surface area contributed by atoms with Gasteiger partial charge in [0.05, 0.1) is 23.9 Å². The van der Waals surface area contributed by atoms with E-state index in [1.165, 1.54) is 24.3 Å². The van der Waals surface area contributed by atoms with Crippen LogP contribution in [0, 0.1) is 35.3 Å². The first kappa shape index (κ1) is 42.6. The van der Waals surface area contributed by atoms with Gasteiger partial charge in [-0.3, -0.25) is 29.0 Å². The van der Waals surface area contributed by atoms with Gasteiger partial charge in [0.2, 0.25) is 11.8 Å². The molecule has 0 saturated carbocycles. The van der Waals surface area contributed by atoms with Crippen molar-refractivity contribution < 1.29 is 28.6 Å². The monoisotopic (exact) mass is 822 g/mol. The Morgan fingerprint density at radius 3 is 1.33 bits per heavy atom. The number of aromatic nitrogens is 2. The van der Waals surface area contributed by atoms with E-state index in [-0.39, 0.29) is 96.9 Å². The Morgan fingerprint density at radius 1 is 0.633 bits per heavy atom. The fourth-order valence-corrected chi connectivity index (χ4v) is 9.85. The van der Waals surface area contributed by atoms with E-state index in [2.05, 4.69) is 20.4 Å². The molecule has 0 aliphatic carbocycles. The summed E-state index contributed by atoms with van der Waals surface area (Å²) < 4.78 is 29.7. The highest BCUT2D eigenvalue weighted by Crippen LogP contribution is 2.48. The molecule has 2 fully saturated rings. The highest BCUT2D eigenvalue weighted by atomic mass is 19.1. The molecule has 4 N–H and O–H groups in total. The number of hydrogen-bond donors (Lipinski definition) is 4. The first-order chi connectivity index (χ1) is 28.9. The summed E-state index contributed by atoms with van der Waals surface area (Å²) in [6, 6.07) is 18.6. The van der Waals surface area contributed by atoms with Gasteiger partial charge in [-0.15, -0.1) is 0 Å². The Hall–Kier alpha value is -5.54. The Labute approximate surface area is 347 Å². The number of hydrogen-bond acceptors (Lipinski definition) is 8. The highest BCUT2D eigenvalue weighted by Gasteiger charge is 2.55. The topological polar surface area (TPSA) is 149 Å². The standard InChI is InChI=1S/2C23H26FN3O3/c2*1-3-4-15-7-10-18-21-20(22(29)25-11-14-5-8-16(24)9-6-14)17(13-28)19(26(21)2)12-27(18)23(15)30/h2*3-10,17,19-21,28H,11-13H2,1-2H3,(H,25,29)/b4-3+;4-3-/t2*17-,19-,20+,21+/m11/s1. The molecule has 2 amide bonds. The maximum absolute atomic E-state index is 13.2. The lowest BCUT2D eigenvalue weighted by molar-refractivity contribution is -0.128. The normalized spacial score (nSPS) is 25.5. The molecule has 316 valence electrons. The summed E-state index contributed by atoms with van der Waals surface area (Å²) in [6.07, 6.45) is 7.23. The maximum atomic E-state index is 13.2. The van der Waals surface area contributed by atoms with Crippen molar-refractivity contribution in [3.63, 3.8) is 0 Å². The molecule has 0 spiro atoms. The van der Waals surface area contributed by atoms with E-state index in [4.69, 9.17) is 0 Å². The van der Waals surface area contributed by atoms with Crippen LogP contribution in [-0.4, -0.2) is 80.4 Å². The SMILES string of the molecule is C/C=C/c1ccc2n(c1=O)C[C@@H]1[C@@H](CO)[C@H](C(=O)NCc3ccc(F)cc3)[C@H]2N1C.C/C=C\c1ccc2n(c1=O)C[C@@H]1[C@@H](CO)[C@H](C(=O)NCc3ccc(F)cc3)[C@H]2N1C. The molecule has 2 aromatic heterocycles. The molecule has 0 unspecified atom stereocenters. The molecule has 4 aliphatic rings. The van der Waals surface area contributed by atoms with Gasteiger partial charge in [-0.25, -0.2) is 8.78 Å². The third-order valence-electron chi connectivity index (χ3n) is 12.8. The zero-order valence-corrected chi connectivity index (χ0v) is 34.2. The second-order valence-electron chi connectivity index (χ2n) is 16.0. The minimum Gasteiger partial charge on any atom is -0.396 e. The van der Waals surface area contributed by atoms with E-state index < -0.39 is 11.8 Å². The predicted molar refractivity (Wildman–Crippen MR) is 224 cm³/mol. The zero-order valence-electron chi connectivity index (χ0n) is 34.2. The van der Waals surface area contributed by atoms with Crippen molar-refractivity contribution in [1.82, 2.24) is 29.6 Å². The number of amides is 2. The lowest BCUT2D eigenvalue weighted by Crippen LogP contribution is -2.44. The summed E-state index contributed by atoms with van der Waals surface area (Å²) in [7, 11) is 3.89. The Balaban J connectivity index is 0.000000181. The molecule has 2 aromatic carbocycles. The van der Waals surface area contributed by atoms with Gasteiger partial charge >= 0.3 is 0 Å². The van der Waals surface area contributed by atoms with Crippen LogP contribution in [0.15, 0.2) is 94.5 Å². The molecule has 14 heteroatoms. The lowest BCUT2D eigenvalue weighted by atomic mass is 9.86. The van der Waals surface area contributed by atoms with E-state index in [9.17, 15) is 38.2 Å². The van der Waals surface area contributed by atoms with Crippen LogP contribution in [0.1, 0.15) is 59.6 Å².